The fourth-order valence-electron chi connectivity index (χ4n) is 4.93. The molecule has 0 aromatic heterocycles. The van der Waals surface area contributed by atoms with E-state index in [-0.39, 0.29) is 17.7 Å². The molecule has 0 bridgehead atoms. The minimum absolute atomic E-state index is 0.149. The van der Waals surface area contributed by atoms with Crippen LogP contribution in [0.2, 0.25) is 0 Å². The second kappa shape index (κ2) is 11.3. The maximum Gasteiger partial charge on any atom is 0.258 e. The number of benzene rings is 2. The van der Waals surface area contributed by atoms with Gasteiger partial charge in [-0.2, -0.15) is 0 Å². The normalized spacial score (nSPS) is 19.5. The highest BCUT2D eigenvalue weighted by Crippen LogP contribution is 2.28. The summed E-state index contributed by atoms with van der Waals surface area (Å²) in [5.41, 5.74) is 1.39. The van der Waals surface area contributed by atoms with Crippen LogP contribution in [0.3, 0.4) is 0 Å². The molecule has 186 valence electrons. The number of rotatable bonds is 8. The van der Waals surface area contributed by atoms with Gasteiger partial charge in [-0.15, -0.1) is 0 Å². The van der Waals surface area contributed by atoms with E-state index in [4.69, 9.17) is 9.47 Å². The van der Waals surface area contributed by atoms with Crippen LogP contribution in [0.1, 0.15) is 48.5 Å². The van der Waals surface area contributed by atoms with Crippen LogP contribution in [-0.4, -0.2) is 66.4 Å². The topological polar surface area (TPSA) is 88.2 Å². The first kappa shape index (κ1) is 24.6. The Bertz CT molecular complexity index is 1070. The number of amides is 3. The minimum atomic E-state index is -0.566. The summed E-state index contributed by atoms with van der Waals surface area (Å²) in [6, 6.07) is 13.6. The van der Waals surface area contributed by atoms with E-state index in [1.807, 2.05) is 37.3 Å². The molecule has 2 heterocycles. The number of ether oxygens (including phenoxy) is 2. The number of likely N-dealkylation sites (tertiary alicyclic amines) is 2. The number of hydrogen-bond acceptors (Lipinski definition) is 5. The van der Waals surface area contributed by atoms with Crippen molar-refractivity contribution in [2.24, 2.45) is 0 Å². The predicted molar refractivity (Wildman–Crippen MR) is 131 cm³/mol. The van der Waals surface area contributed by atoms with Crippen LogP contribution in [-0.2, 0) is 16.1 Å². The van der Waals surface area contributed by atoms with Crippen LogP contribution < -0.4 is 14.8 Å². The van der Waals surface area contributed by atoms with Gasteiger partial charge < -0.3 is 24.6 Å². The van der Waals surface area contributed by atoms with E-state index in [0.29, 0.717) is 50.4 Å². The van der Waals surface area contributed by atoms with Crippen molar-refractivity contribution in [2.45, 2.75) is 51.2 Å². The third-order valence-electron chi connectivity index (χ3n) is 6.66. The first-order valence-corrected chi connectivity index (χ1v) is 12.3. The van der Waals surface area contributed by atoms with Crippen molar-refractivity contribution in [1.29, 1.82) is 0 Å². The predicted octanol–water partition coefficient (Wildman–Crippen LogP) is 3.01. The van der Waals surface area contributed by atoms with Gasteiger partial charge in [0.2, 0.25) is 11.8 Å². The Morgan fingerprint density at radius 2 is 1.71 bits per heavy atom. The largest absolute Gasteiger partial charge is 0.497 e. The number of hydrogen-bond donors (Lipinski definition) is 1. The van der Waals surface area contributed by atoms with Gasteiger partial charge >= 0.3 is 0 Å². The van der Waals surface area contributed by atoms with Gasteiger partial charge in [0.15, 0.2) is 0 Å². The lowest BCUT2D eigenvalue weighted by atomic mass is 10.1. The molecule has 2 aliphatic heterocycles. The molecule has 0 spiro atoms. The van der Waals surface area contributed by atoms with Gasteiger partial charge in [-0.3, -0.25) is 14.4 Å². The van der Waals surface area contributed by atoms with Crippen LogP contribution in [0, 0.1) is 0 Å². The molecule has 0 saturated carbocycles. The second-order valence-electron chi connectivity index (χ2n) is 8.84. The average molecular weight is 480 g/mol. The van der Waals surface area contributed by atoms with Gasteiger partial charge in [0.1, 0.15) is 23.6 Å². The van der Waals surface area contributed by atoms with Crippen LogP contribution in [0.4, 0.5) is 0 Å². The molecule has 35 heavy (non-hydrogen) atoms. The maximum absolute atomic E-state index is 13.6. The molecule has 0 aliphatic carbocycles. The molecule has 8 heteroatoms. The molecule has 2 aromatic carbocycles. The van der Waals surface area contributed by atoms with Gasteiger partial charge in [-0.1, -0.05) is 24.3 Å². The van der Waals surface area contributed by atoms with E-state index in [1.54, 1.807) is 35.1 Å². The molecular weight excluding hydrogens is 446 g/mol. The Morgan fingerprint density at radius 1 is 0.971 bits per heavy atom. The monoisotopic (exact) mass is 479 g/mol. The Labute approximate surface area is 206 Å². The summed E-state index contributed by atoms with van der Waals surface area (Å²) in [5.74, 6) is 0.725. The number of nitrogens with zero attached hydrogens (tertiary/aromatic N) is 2. The molecular formula is C27H33N3O5. The molecule has 4 rings (SSSR count). The molecule has 2 atom stereocenters. The van der Waals surface area contributed by atoms with Gasteiger partial charge in [0, 0.05) is 19.6 Å². The molecule has 2 saturated heterocycles. The number of methoxy groups -OCH3 is 1. The lowest BCUT2D eigenvalue weighted by Crippen LogP contribution is -2.52. The minimum Gasteiger partial charge on any atom is -0.497 e. The number of para-hydroxylation sites is 1. The van der Waals surface area contributed by atoms with Crippen molar-refractivity contribution in [2.75, 3.05) is 26.8 Å². The molecule has 1 N–H and O–H groups in total. The third kappa shape index (κ3) is 5.42. The van der Waals surface area contributed by atoms with Crippen LogP contribution in [0.25, 0.3) is 0 Å². The zero-order chi connectivity index (χ0) is 24.8. The Morgan fingerprint density at radius 3 is 2.49 bits per heavy atom. The SMILES string of the molecule is CCOc1ccccc1C(=O)N1CCC[C@@H]1C(=O)N1CCC[C@@H]1C(=O)NCc1cccc(OC)c1. The summed E-state index contributed by atoms with van der Waals surface area (Å²) in [6.07, 6.45) is 2.72. The average Bonchev–Trinajstić information content (AvgIpc) is 3.57. The van der Waals surface area contributed by atoms with Crippen molar-refractivity contribution in [3.8, 4) is 11.5 Å². The second-order valence-corrected chi connectivity index (χ2v) is 8.84. The third-order valence-corrected chi connectivity index (χ3v) is 6.66. The van der Waals surface area contributed by atoms with Crippen molar-refractivity contribution >= 4 is 17.7 Å². The van der Waals surface area contributed by atoms with Crippen LogP contribution in [0.15, 0.2) is 48.5 Å². The lowest BCUT2D eigenvalue weighted by Gasteiger charge is -2.31. The van der Waals surface area contributed by atoms with Gasteiger partial charge in [0.25, 0.3) is 5.91 Å². The summed E-state index contributed by atoms with van der Waals surface area (Å²) in [4.78, 5) is 43.3. The summed E-state index contributed by atoms with van der Waals surface area (Å²) in [7, 11) is 1.60. The molecule has 3 amide bonds. The number of nitrogens with one attached hydrogen (secondary N) is 1. The smallest absolute Gasteiger partial charge is 0.258 e. The highest BCUT2D eigenvalue weighted by molar-refractivity contribution is 6.00. The Hall–Kier alpha value is -3.55. The van der Waals surface area contributed by atoms with Crippen molar-refractivity contribution in [3.05, 3.63) is 59.7 Å². The zero-order valence-electron chi connectivity index (χ0n) is 20.4. The molecule has 0 radical (unpaired) electrons. The summed E-state index contributed by atoms with van der Waals surface area (Å²) in [6.45, 7) is 3.71. The van der Waals surface area contributed by atoms with Gasteiger partial charge in [-0.25, -0.2) is 0 Å². The maximum atomic E-state index is 13.6. The van der Waals surface area contributed by atoms with E-state index in [2.05, 4.69) is 5.32 Å². The lowest BCUT2D eigenvalue weighted by molar-refractivity contribution is -0.141. The van der Waals surface area contributed by atoms with E-state index in [0.717, 1.165) is 24.2 Å². The summed E-state index contributed by atoms with van der Waals surface area (Å²) >= 11 is 0. The molecule has 0 unspecified atom stereocenters. The van der Waals surface area contributed by atoms with Crippen LogP contribution >= 0.6 is 0 Å². The highest BCUT2D eigenvalue weighted by atomic mass is 16.5. The van der Waals surface area contributed by atoms with Crippen LogP contribution in [0.5, 0.6) is 11.5 Å². The Balaban J connectivity index is 1.43. The summed E-state index contributed by atoms with van der Waals surface area (Å²) < 4.78 is 10.9. The zero-order valence-corrected chi connectivity index (χ0v) is 20.4. The summed E-state index contributed by atoms with van der Waals surface area (Å²) in [5, 5.41) is 2.96. The molecule has 2 aliphatic rings. The first-order valence-electron chi connectivity index (χ1n) is 12.3. The van der Waals surface area contributed by atoms with E-state index < -0.39 is 12.1 Å². The molecule has 2 fully saturated rings. The van der Waals surface area contributed by atoms with E-state index in [9.17, 15) is 14.4 Å². The number of carbonyl (C=O) groups is 3. The van der Waals surface area contributed by atoms with Gasteiger partial charge in [0.05, 0.1) is 19.3 Å². The fourth-order valence-corrected chi connectivity index (χ4v) is 4.93. The van der Waals surface area contributed by atoms with E-state index in [1.165, 1.54) is 0 Å². The molecule has 8 nitrogen and oxygen atoms in total. The van der Waals surface area contributed by atoms with Crippen molar-refractivity contribution < 1.29 is 23.9 Å². The Kier molecular flexibility index (Phi) is 7.90. The standard InChI is InChI=1S/C27H33N3O5/c1-3-35-24-14-5-4-11-21(24)26(32)30-16-8-13-23(30)27(33)29-15-7-12-22(29)25(31)28-18-19-9-6-10-20(17-19)34-2/h4-6,9-11,14,17,22-23H,3,7-8,12-13,15-16,18H2,1-2H3,(H,28,31)/t22-,23-/m1/s1. The van der Waals surface area contributed by atoms with Crippen molar-refractivity contribution in [1.82, 2.24) is 15.1 Å². The van der Waals surface area contributed by atoms with Gasteiger partial charge in [-0.05, 0) is 62.4 Å². The fraction of sp³-hybridized carbons (Fsp3) is 0.444. The highest BCUT2D eigenvalue weighted by Gasteiger charge is 2.42. The molecule has 2 aromatic rings. The first-order chi connectivity index (χ1) is 17.0. The quantitative estimate of drug-likeness (QED) is 0.629. The van der Waals surface area contributed by atoms with Crippen molar-refractivity contribution in [3.63, 3.8) is 0 Å². The number of carbonyl (C=O) groups excluding carboxylic acids is 3. The van der Waals surface area contributed by atoms with E-state index >= 15 is 0 Å².